The van der Waals surface area contributed by atoms with E-state index in [9.17, 15) is 12.8 Å². The lowest BCUT2D eigenvalue weighted by Gasteiger charge is -2.23. The minimum atomic E-state index is -3.87. The van der Waals surface area contributed by atoms with Gasteiger partial charge in [0.15, 0.2) is 0 Å². The van der Waals surface area contributed by atoms with Gasteiger partial charge in [-0.1, -0.05) is 0 Å². The molecule has 0 amide bonds. The number of halogens is 1. The molecule has 0 saturated heterocycles. The Kier molecular flexibility index (Phi) is 5.42. The Morgan fingerprint density at radius 2 is 1.84 bits per heavy atom. The van der Waals surface area contributed by atoms with Crippen LogP contribution in [-0.4, -0.2) is 27.4 Å². The van der Waals surface area contributed by atoms with Crippen LogP contribution < -0.4 is 5.73 Å². The maximum absolute atomic E-state index is 12.7. The van der Waals surface area contributed by atoms with Gasteiger partial charge >= 0.3 is 0 Å². The van der Waals surface area contributed by atoms with Crippen molar-refractivity contribution in [2.75, 3.05) is 13.3 Å². The van der Waals surface area contributed by atoms with Crippen LogP contribution in [0.25, 0.3) is 0 Å². The molecule has 0 spiro atoms. The van der Waals surface area contributed by atoms with Crippen molar-refractivity contribution in [3.8, 4) is 0 Å². The van der Waals surface area contributed by atoms with Crippen LogP contribution >= 0.6 is 0 Å². The molecule has 0 bridgehead atoms. The number of nitrogens with two attached hydrogens (primary N) is 1. The molecule has 0 aromatic heterocycles. The van der Waals surface area contributed by atoms with Crippen molar-refractivity contribution < 1.29 is 21.7 Å². The lowest BCUT2D eigenvalue weighted by atomic mass is 10.1. The molecule has 0 aliphatic rings. The van der Waals surface area contributed by atoms with Gasteiger partial charge in [-0.05, 0) is 38.1 Å². The highest BCUT2D eigenvalue weighted by Crippen LogP contribution is 2.17. The second kappa shape index (κ2) is 6.42. The number of hydrogen-bond acceptors (Lipinski definition) is 5. The summed E-state index contributed by atoms with van der Waals surface area (Å²) < 4.78 is 46.3. The molecule has 2 N–H and O–H groups in total. The Morgan fingerprint density at radius 3 is 2.37 bits per heavy atom. The molecule has 19 heavy (non-hydrogen) atoms. The Labute approximate surface area is 112 Å². The molecule has 1 aromatic rings. The van der Waals surface area contributed by atoms with Crippen molar-refractivity contribution in [1.82, 2.24) is 0 Å². The molecular weight excluding hydrogens is 273 g/mol. The van der Waals surface area contributed by atoms with E-state index in [-0.39, 0.29) is 18.2 Å². The average molecular weight is 291 g/mol. The minimum absolute atomic E-state index is 0.0350. The summed E-state index contributed by atoms with van der Waals surface area (Å²) in [6, 6.07) is 4.45. The average Bonchev–Trinajstić information content (AvgIpc) is 2.28. The summed E-state index contributed by atoms with van der Waals surface area (Å²) in [4.78, 5) is -0.0774. The van der Waals surface area contributed by atoms with Gasteiger partial charge in [0.25, 0.3) is 10.1 Å². The summed E-state index contributed by atoms with van der Waals surface area (Å²) in [5, 5.41) is 0. The van der Waals surface area contributed by atoms with E-state index in [0.717, 1.165) is 24.3 Å². The third-order valence-electron chi connectivity index (χ3n) is 2.52. The van der Waals surface area contributed by atoms with Gasteiger partial charge < -0.3 is 10.5 Å². The lowest BCUT2D eigenvalue weighted by molar-refractivity contribution is -0.0269. The topological polar surface area (TPSA) is 78.6 Å². The monoisotopic (exact) mass is 291 g/mol. The van der Waals surface area contributed by atoms with Crippen LogP contribution in [0, 0.1) is 5.82 Å². The number of rotatable bonds is 7. The number of ether oxygens (including phenoxy) is 1. The first-order valence-electron chi connectivity index (χ1n) is 5.76. The molecule has 1 aromatic carbocycles. The second-order valence-electron chi connectivity index (χ2n) is 4.55. The summed E-state index contributed by atoms with van der Waals surface area (Å²) in [5.41, 5.74) is 4.70. The van der Waals surface area contributed by atoms with Crippen LogP contribution in [0.3, 0.4) is 0 Å². The molecule has 108 valence electrons. The zero-order valence-corrected chi connectivity index (χ0v) is 11.7. The highest BCUT2D eigenvalue weighted by molar-refractivity contribution is 7.86. The first-order chi connectivity index (χ1) is 8.77. The van der Waals surface area contributed by atoms with E-state index in [0.29, 0.717) is 6.42 Å². The molecular formula is C12H18FNO4S. The quantitative estimate of drug-likeness (QED) is 0.610. The summed E-state index contributed by atoms with van der Waals surface area (Å²) in [7, 11) is -3.87. The highest BCUT2D eigenvalue weighted by atomic mass is 32.2. The van der Waals surface area contributed by atoms with E-state index >= 15 is 0 Å². The van der Waals surface area contributed by atoms with Crippen LogP contribution in [0.2, 0.25) is 0 Å². The van der Waals surface area contributed by atoms with E-state index in [4.69, 9.17) is 14.7 Å². The van der Waals surface area contributed by atoms with Crippen LogP contribution in [0.1, 0.15) is 20.3 Å². The zero-order valence-electron chi connectivity index (χ0n) is 10.9. The highest BCUT2D eigenvalue weighted by Gasteiger charge is 2.21. The Morgan fingerprint density at radius 1 is 1.26 bits per heavy atom. The molecule has 0 saturated carbocycles. The smallest absolute Gasteiger partial charge is 0.296 e. The van der Waals surface area contributed by atoms with Crippen molar-refractivity contribution >= 4 is 10.1 Å². The molecule has 0 aliphatic heterocycles. The fourth-order valence-corrected chi connectivity index (χ4v) is 2.27. The third kappa shape index (κ3) is 5.23. The van der Waals surface area contributed by atoms with Gasteiger partial charge in [0.1, 0.15) is 5.82 Å². The third-order valence-corrected chi connectivity index (χ3v) is 3.85. The maximum Gasteiger partial charge on any atom is 0.296 e. The van der Waals surface area contributed by atoms with E-state index in [1.54, 1.807) is 13.8 Å². The molecule has 1 rings (SSSR count). The maximum atomic E-state index is 12.7. The van der Waals surface area contributed by atoms with Gasteiger partial charge in [0.2, 0.25) is 0 Å². The predicted molar refractivity (Wildman–Crippen MR) is 68.4 cm³/mol. The van der Waals surface area contributed by atoms with E-state index in [1.165, 1.54) is 0 Å². The fraction of sp³-hybridized carbons (Fsp3) is 0.500. The summed E-state index contributed by atoms with van der Waals surface area (Å²) in [6.45, 7) is 3.59. The molecule has 0 heterocycles. The molecule has 7 heteroatoms. The van der Waals surface area contributed by atoms with Crippen molar-refractivity contribution in [3.63, 3.8) is 0 Å². The standard InChI is InChI=1S/C12H18FNO4S/c1-12(2,17-9-14)7-8-18-19(15,16)11-5-3-10(13)4-6-11/h3-6H,7-9,14H2,1-2H3. The van der Waals surface area contributed by atoms with Crippen molar-refractivity contribution in [3.05, 3.63) is 30.1 Å². The van der Waals surface area contributed by atoms with Gasteiger partial charge in [-0.15, -0.1) is 0 Å². The van der Waals surface area contributed by atoms with E-state index in [1.807, 2.05) is 0 Å². The molecule has 0 radical (unpaired) electrons. The van der Waals surface area contributed by atoms with E-state index < -0.39 is 21.5 Å². The van der Waals surface area contributed by atoms with Gasteiger partial charge in [-0.3, -0.25) is 4.18 Å². The van der Waals surface area contributed by atoms with Crippen molar-refractivity contribution in [2.24, 2.45) is 5.73 Å². The predicted octanol–water partition coefficient (Wildman–Crippen LogP) is 1.63. The Bertz CT molecular complexity index is 499. The first-order valence-corrected chi connectivity index (χ1v) is 7.17. The lowest BCUT2D eigenvalue weighted by Crippen LogP contribution is -2.29. The molecule has 5 nitrogen and oxygen atoms in total. The van der Waals surface area contributed by atoms with Crippen LogP contribution in [0.15, 0.2) is 29.2 Å². The molecule has 0 atom stereocenters. The van der Waals surface area contributed by atoms with Crippen molar-refractivity contribution in [1.29, 1.82) is 0 Å². The zero-order chi connectivity index (χ0) is 14.5. The molecule has 0 unspecified atom stereocenters. The minimum Gasteiger partial charge on any atom is -0.361 e. The van der Waals surface area contributed by atoms with Crippen LogP contribution in [0.4, 0.5) is 4.39 Å². The molecule has 0 aliphatic carbocycles. The summed E-state index contributed by atoms with van der Waals surface area (Å²) in [5.74, 6) is -0.503. The second-order valence-corrected chi connectivity index (χ2v) is 6.17. The van der Waals surface area contributed by atoms with Crippen LogP contribution in [0.5, 0.6) is 0 Å². The Balaban J connectivity index is 2.59. The first kappa shape index (κ1) is 16.0. The fourth-order valence-electron chi connectivity index (χ4n) is 1.36. The number of benzene rings is 1. The number of hydrogen-bond donors (Lipinski definition) is 1. The van der Waals surface area contributed by atoms with Gasteiger partial charge in [0, 0.05) is 6.42 Å². The normalized spacial score (nSPS) is 12.6. The van der Waals surface area contributed by atoms with Gasteiger partial charge in [-0.2, -0.15) is 8.42 Å². The van der Waals surface area contributed by atoms with E-state index in [2.05, 4.69) is 0 Å². The van der Waals surface area contributed by atoms with Gasteiger partial charge in [-0.25, -0.2) is 4.39 Å². The molecule has 0 fully saturated rings. The van der Waals surface area contributed by atoms with Crippen LogP contribution in [-0.2, 0) is 19.0 Å². The summed E-state index contributed by atoms with van der Waals surface area (Å²) >= 11 is 0. The SMILES string of the molecule is CC(C)(CCOS(=O)(=O)c1ccc(F)cc1)OCN. The summed E-state index contributed by atoms with van der Waals surface area (Å²) in [6.07, 6.45) is 0.366. The largest absolute Gasteiger partial charge is 0.361 e. The Hall–Kier alpha value is -1.02. The van der Waals surface area contributed by atoms with Crippen molar-refractivity contribution in [2.45, 2.75) is 30.8 Å². The van der Waals surface area contributed by atoms with Gasteiger partial charge in [0.05, 0.1) is 23.8 Å².